The predicted molar refractivity (Wildman–Crippen MR) is 70.8 cm³/mol. The lowest BCUT2D eigenvalue weighted by atomic mass is 10.0. The second-order valence-electron chi connectivity index (χ2n) is 4.60. The maximum atomic E-state index is 11.6. The Hall–Kier alpha value is -1.62. The molecule has 0 aliphatic rings. The first kappa shape index (κ1) is 12.8. The van der Waals surface area contributed by atoms with E-state index in [-0.39, 0.29) is 5.16 Å². The molecule has 5 heteroatoms. The minimum atomic E-state index is -3.31. The second-order valence-corrected chi connectivity index (χ2v) is 6.51. The van der Waals surface area contributed by atoms with Crippen LogP contribution in [0.3, 0.4) is 0 Å². The smallest absolute Gasteiger partial charge is 0.231 e. The number of hydrogen-bond donors (Lipinski definition) is 0. The van der Waals surface area contributed by atoms with Crippen LogP contribution in [0.1, 0.15) is 25.3 Å². The molecule has 1 heterocycles. The van der Waals surface area contributed by atoms with Crippen LogP contribution in [-0.2, 0) is 9.84 Å². The number of sulfone groups is 1. The Balaban J connectivity index is 2.47. The molecule has 0 aliphatic carbocycles. The highest BCUT2D eigenvalue weighted by Crippen LogP contribution is 2.19. The zero-order chi connectivity index (χ0) is 13.3. The van der Waals surface area contributed by atoms with Gasteiger partial charge in [0.25, 0.3) is 0 Å². The third-order valence-electron chi connectivity index (χ3n) is 2.78. The first-order chi connectivity index (χ1) is 8.39. The Morgan fingerprint density at radius 2 is 1.78 bits per heavy atom. The standard InChI is InChI=1S/C13H16N2O2S/c1-10(2)11-4-6-12(7-5-11)15-9-8-14-13(15)18(3,16)17/h4-10H,1-3H3. The van der Waals surface area contributed by atoms with E-state index in [1.807, 2.05) is 24.3 Å². The van der Waals surface area contributed by atoms with Crippen LogP contribution in [0, 0.1) is 0 Å². The van der Waals surface area contributed by atoms with Crippen molar-refractivity contribution >= 4 is 9.84 Å². The van der Waals surface area contributed by atoms with E-state index in [1.54, 1.807) is 10.8 Å². The van der Waals surface area contributed by atoms with Crippen LogP contribution >= 0.6 is 0 Å². The van der Waals surface area contributed by atoms with Gasteiger partial charge in [-0.15, -0.1) is 0 Å². The first-order valence-corrected chi connectivity index (χ1v) is 7.62. The third-order valence-corrected chi connectivity index (χ3v) is 3.74. The summed E-state index contributed by atoms with van der Waals surface area (Å²) in [5.41, 5.74) is 2.03. The van der Waals surface area contributed by atoms with Crippen molar-refractivity contribution in [1.29, 1.82) is 0 Å². The summed E-state index contributed by atoms with van der Waals surface area (Å²) >= 11 is 0. The zero-order valence-corrected chi connectivity index (χ0v) is 11.5. The number of hydrogen-bond acceptors (Lipinski definition) is 3. The van der Waals surface area contributed by atoms with Gasteiger partial charge in [0.1, 0.15) is 0 Å². The van der Waals surface area contributed by atoms with E-state index >= 15 is 0 Å². The van der Waals surface area contributed by atoms with Crippen LogP contribution in [0.2, 0.25) is 0 Å². The average Bonchev–Trinajstić information content (AvgIpc) is 2.77. The van der Waals surface area contributed by atoms with Crippen LogP contribution in [0.4, 0.5) is 0 Å². The molecular weight excluding hydrogens is 248 g/mol. The molecule has 0 N–H and O–H groups in total. The molecule has 0 fully saturated rings. The summed E-state index contributed by atoms with van der Waals surface area (Å²) in [6.07, 6.45) is 4.31. The second kappa shape index (κ2) is 4.57. The lowest BCUT2D eigenvalue weighted by molar-refractivity contribution is 0.590. The molecule has 1 aromatic heterocycles. The fourth-order valence-corrected chi connectivity index (χ4v) is 2.56. The molecule has 0 radical (unpaired) electrons. The lowest BCUT2D eigenvalue weighted by Gasteiger charge is -2.09. The maximum absolute atomic E-state index is 11.6. The minimum Gasteiger partial charge on any atom is -0.291 e. The molecule has 0 saturated carbocycles. The lowest BCUT2D eigenvalue weighted by Crippen LogP contribution is -2.07. The highest BCUT2D eigenvalue weighted by molar-refractivity contribution is 7.90. The minimum absolute atomic E-state index is 0.0693. The van der Waals surface area contributed by atoms with Crippen molar-refractivity contribution in [3.05, 3.63) is 42.2 Å². The van der Waals surface area contributed by atoms with Gasteiger partial charge in [-0.2, -0.15) is 0 Å². The molecule has 0 aliphatic heterocycles. The first-order valence-electron chi connectivity index (χ1n) is 5.73. The third kappa shape index (κ3) is 2.46. The van der Waals surface area contributed by atoms with Crippen molar-refractivity contribution in [3.8, 4) is 5.69 Å². The summed E-state index contributed by atoms with van der Waals surface area (Å²) in [6.45, 7) is 4.24. The predicted octanol–water partition coefficient (Wildman–Crippen LogP) is 2.40. The highest BCUT2D eigenvalue weighted by atomic mass is 32.2. The van der Waals surface area contributed by atoms with Gasteiger partial charge in [-0.25, -0.2) is 13.4 Å². The molecule has 2 aromatic rings. The van der Waals surface area contributed by atoms with Crippen LogP contribution in [0.25, 0.3) is 5.69 Å². The van der Waals surface area contributed by atoms with Gasteiger partial charge < -0.3 is 0 Å². The van der Waals surface area contributed by atoms with Crippen molar-refractivity contribution in [1.82, 2.24) is 9.55 Å². The van der Waals surface area contributed by atoms with Crippen LogP contribution in [-0.4, -0.2) is 24.2 Å². The maximum Gasteiger partial charge on any atom is 0.231 e. The Bertz CT molecular complexity index is 640. The molecule has 4 nitrogen and oxygen atoms in total. The van der Waals surface area contributed by atoms with Gasteiger partial charge in [-0.1, -0.05) is 26.0 Å². The quantitative estimate of drug-likeness (QED) is 0.855. The van der Waals surface area contributed by atoms with Crippen molar-refractivity contribution in [3.63, 3.8) is 0 Å². The molecule has 18 heavy (non-hydrogen) atoms. The van der Waals surface area contributed by atoms with Gasteiger partial charge in [0.15, 0.2) is 0 Å². The Morgan fingerprint density at radius 3 is 2.28 bits per heavy atom. The molecule has 0 unspecified atom stereocenters. The summed E-state index contributed by atoms with van der Waals surface area (Å²) in [6, 6.07) is 7.83. The largest absolute Gasteiger partial charge is 0.291 e. The summed E-state index contributed by atoms with van der Waals surface area (Å²) in [7, 11) is -3.31. The van der Waals surface area contributed by atoms with Gasteiger partial charge >= 0.3 is 0 Å². The summed E-state index contributed by atoms with van der Waals surface area (Å²) in [5, 5.41) is 0.0693. The van der Waals surface area contributed by atoms with Crippen molar-refractivity contribution in [2.45, 2.75) is 24.9 Å². The normalized spacial score (nSPS) is 12.0. The molecule has 0 atom stereocenters. The number of aromatic nitrogens is 2. The molecule has 0 amide bonds. The fraction of sp³-hybridized carbons (Fsp3) is 0.308. The molecule has 0 spiro atoms. The average molecular weight is 264 g/mol. The van der Waals surface area contributed by atoms with Gasteiger partial charge in [0.2, 0.25) is 15.0 Å². The monoisotopic (exact) mass is 264 g/mol. The van der Waals surface area contributed by atoms with Crippen LogP contribution in [0.15, 0.2) is 41.8 Å². The van der Waals surface area contributed by atoms with Crippen molar-refractivity contribution in [2.24, 2.45) is 0 Å². The molecule has 96 valence electrons. The highest BCUT2D eigenvalue weighted by Gasteiger charge is 2.15. The fourth-order valence-electron chi connectivity index (χ4n) is 1.78. The van der Waals surface area contributed by atoms with E-state index in [4.69, 9.17) is 0 Å². The molecule has 2 rings (SSSR count). The molecule has 0 bridgehead atoms. The van der Waals surface area contributed by atoms with Gasteiger partial charge in [-0.3, -0.25) is 4.57 Å². The van der Waals surface area contributed by atoms with Gasteiger partial charge in [-0.05, 0) is 23.6 Å². The van der Waals surface area contributed by atoms with Gasteiger partial charge in [0.05, 0.1) is 0 Å². The molecule has 1 aromatic carbocycles. The van der Waals surface area contributed by atoms with E-state index in [1.165, 1.54) is 11.8 Å². The Kier molecular flexibility index (Phi) is 3.26. The zero-order valence-electron chi connectivity index (χ0n) is 10.7. The van der Waals surface area contributed by atoms with Crippen LogP contribution in [0.5, 0.6) is 0 Å². The van der Waals surface area contributed by atoms with Gasteiger partial charge in [0, 0.05) is 24.3 Å². The number of nitrogens with zero attached hydrogens (tertiary/aromatic N) is 2. The summed E-state index contributed by atoms with van der Waals surface area (Å²) < 4.78 is 24.7. The van der Waals surface area contributed by atoms with E-state index in [9.17, 15) is 8.42 Å². The van der Waals surface area contributed by atoms with E-state index in [2.05, 4.69) is 18.8 Å². The molecular formula is C13H16N2O2S. The van der Waals surface area contributed by atoms with Crippen LogP contribution < -0.4 is 0 Å². The Morgan fingerprint density at radius 1 is 1.17 bits per heavy atom. The van der Waals surface area contributed by atoms with Crippen molar-refractivity contribution < 1.29 is 8.42 Å². The van der Waals surface area contributed by atoms with E-state index < -0.39 is 9.84 Å². The number of imidazole rings is 1. The summed E-state index contributed by atoms with van der Waals surface area (Å²) in [5.74, 6) is 0.455. The number of benzene rings is 1. The SMILES string of the molecule is CC(C)c1ccc(-n2ccnc2S(C)(=O)=O)cc1. The summed E-state index contributed by atoms with van der Waals surface area (Å²) in [4.78, 5) is 3.90. The number of rotatable bonds is 3. The van der Waals surface area contributed by atoms with Crippen molar-refractivity contribution in [2.75, 3.05) is 6.26 Å². The Labute approximate surface area is 107 Å². The molecule has 0 saturated heterocycles. The van der Waals surface area contributed by atoms with E-state index in [0.29, 0.717) is 5.92 Å². The topological polar surface area (TPSA) is 52.0 Å². The van der Waals surface area contributed by atoms with E-state index in [0.717, 1.165) is 11.9 Å².